The summed E-state index contributed by atoms with van der Waals surface area (Å²) in [5.74, 6) is 0. The van der Waals surface area contributed by atoms with E-state index in [1.54, 1.807) is 18.2 Å². The zero-order valence-electron chi connectivity index (χ0n) is 15.3. The molecule has 2 fully saturated rings. The minimum absolute atomic E-state index is 0.113. The van der Waals surface area contributed by atoms with Crippen LogP contribution in [0.2, 0.25) is 10.0 Å². The van der Waals surface area contributed by atoms with Gasteiger partial charge in [-0.2, -0.15) is 0 Å². The fourth-order valence-corrected chi connectivity index (χ4v) is 4.55. The number of benzene rings is 2. The number of hydrogen-bond acceptors (Lipinski definition) is 5. The van der Waals surface area contributed by atoms with Gasteiger partial charge in [-0.1, -0.05) is 29.3 Å². The molecule has 1 spiro atoms. The van der Waals surface area contributed by atoms with Crippen molar-refractivity contribution >= 4 is 34.6 Å². The van der Waals surface area contributed by atoms with Crippen molar-refractivity contribution in [2.24, 2.45) is 0 Å². The average molecular weight is 422 g/mol. The Kier molecular flexibility index (Phi) is 5.47. The van der Waals surface area contributed by atoms with E-state index in [0.29, 0.717) is 16.7 Å². The second kappa shape index (κ2) is 7.87. The van der Waals surface area contributed by atoms with E-state index in [1.165, 1.54) is 0 Å². The smallest absolute Gasteiger partial charge is 0.269 e. The molecule has 8 heteroatoms. The molecule has 148 valence electrons. The highest BCUT2D eigenvalue weighted by Crippen LogP contribution is 2.37. The predicted molar refractivity (Wildman–Crippen MR) is 110 cm³/mol. The predicted octanol–water partition coefficient (Wildman–Crippen LogP) is 4.73. The number of piperidine rings is 1. The number of anilines is 1. The summed E-state index contributed by atoms with van der Waals surface area (Å²) in [4.78, 5) is 15.1. The van der Waals surface area contributed by atoms with Gasteiger partial charge in [0.25, 0.3) is 5.69 Å². The Balaban J connectivity index is 1.44. The lowest BCUT2D eigenvalue weighted by Crippen LogP contribution is -2.52. The summed E-state index contributed by atoms with van der Waals surface area (Å²) in [7, 11) is 0. The number of nitrogens with zero attached hydrogens (tertiary/aromatic N) is 3. The van der Waals surface area contributed by atoms with Crippen molar-refractivity contribution in [1.82, 2.24) is 4.90 Å². The standard InChI is InChI=1S/C20H21Cl2N3O3/c21-16-2-1-15(19(22)13-16)14-24-11-12-28-20(24)7-9-23(10-8-20)17-3-5-18(6-4-17)25(26)27/h1-6,13H,7-12,14H2. The molecule has 0 saturated carbocycles. The highest BCUT2D eigenvalue weighted by atomic mass is 35.5. The third kappa shape index (κ3) is 3.82. The zero-order valence-corrected chi connectivity index (χ0v) is 16.8. The van der Waals surface area contributed by atoms with E-state index in [-0.39, 0.29) is 16.3 Å². The van der Waals surface area contributed by atoms with Gasteiger partial charge < -0.3 is 9.64 Å². The zero-order chi connectivity index (χ0) is 19.7. The summed E-state index contributed by atoms with van der Waals surface area (Å²) in [6, 6.07) is 12.4. The Hall–Kier alpha value is -1.86. The van der Waals surface area contributed by atoms with Crippen LogP contribution in [0.5, 0.6) is 0 Å². The van der Waals surface area contributed by atoms with Crippen LogP contribution in [0.4, 0.5) is 11.4 Å². The van der Waals surface area contributed by atoms with E-state index in [0.717, 1.165) is 50.3 Å². The lowest BCUT2D eigenvalue weighted by molar-refractivity contribution is -0.384. The molecule has 0 amide bonds. The fraction of sp³-hybridized carbons (Fsp3) is 0.400. The van der Waals surface area contributed by atoms with Gasteiger partial charge in [0.05, 0.1) is 11.5 Å². The third-order valence-corrected chi connectivity index (χ3v) is 6.24. The van der Waals surface area contributed by atoms with E-state index in [1.807, 2.05) is 24.3 Å². The minimum Gasteiger partial charge on any atom is -0.371 e. The van der Waals surface area contributed by atoms with Crippen molar-refractivity contribution in [2.45, 2.75) is 25.1 Å². The molecule has 28 heavy (non-hydrogen) atoms. The molecule has 2 aromatic carbocycles. The quantitative estimate of drug-likeness (QED) is 0.527. The molecule has 0 unspecified atom stereocenters. The first-order chi connectivity index (χ1) is 13.5. The van der Waals surface area contributed by atoms with E-state index in [9.17, 15) is 10.1 Å². The molecule has 2 aliphatic heterocycles. The molecule has 2 aliphatic rings. The summed E-state index contributed by atoms with van der Waals surface area (Å²) < 4.78 is 6.21. The molecular weight excluding hydrogens is 401 g/mol. The lowest BCUT2D eigenvalue weighted by Gasteiger charge is -2.44. The van der Waals surface area contributed by atoms with E-state index < -0.39 is 0 Å². The van der Waals surface area contributed by atoms with Crippen LogP contribution in [0.3, 0.4) is 0 Å². The third-order valence-electron chi connectivity index (χ3n) is 5.65. The van der Waals surface area contributed by atoms with Crippen molar-refractivity contribution in [3.8, 4) is 0 Å². The molecule has 0 bridgehead atoms. The molecule has 2 heterocycles. The summed E-state index contributed by atoms with van der Waals surface area (Å²) in [6.07, 6.45) is 1.74. The lowest BCUT2D eigenvalue weighted by atomic mass is 9.97. The van der Waals surface area contributed by atoms with Gasteiger partial charge in [-0.15, -0.1) is 0 Å². The average Bonchev–Trinajstić information content (AvgIpc) is 3.06. The van der Waals surface area contributed by atoms with E-state index in [2.05, 4.69) is 9.80 Å². The number of nitro groups is 1. The van der Waals surface area contributed by atoms with Crippen LogP contribution in [0.1, 0.15) is 18.4 Å². The summed E-state index contributed by atoms with van der Waals surface area (Å²) >= 11 is 12.4. The van der Waals surface area contributed by atoms with E-state index >= 15 is 0 Å². The highest BCUT2D eigenvalue weighted by Gasteiger charge is 2.44. The number of non-ortho nitro benzene ring substituents is 1. The van der Waals surface area contributed by atoms with Crippen LogP contribution < -0.4 is 4.90 Å². The van der Waals surface area contributed by atoms with Crippen LogP contribution in [-0.4, -0.2) is 41.8 Å². The monoisotopic (exact) mass is 421 g/mol. The van der Waals surface area contributed by atoms with Crippen LogP contribution >= 0.6 is 23.2 Å². The normalized spacial score (nSPS) is 19.3. The van der Waals surface area contributed by atoms with Gasteiger partial charge in [0, 0.05) is 66.9 Å². The van der Waals surface area contributed by atoms with Gasteiger partial charge in [0.2, 0.25) is 0 Å². The second-order valence-corrected chi connectivity index (χ2v) is 8.06. The molecule has 2 saturated heterocycles. The molecule has 4 rings (SSSR count). The second-order valence-electron chi connectivity index (χ2n) is 7.21. The molecule has 6 nitrogen and oxygen atoms in total. The molecule has 0 N–H and O–H groups in total. The first-order valence-corrected chi connectivity index (χ1v) is 10.0. The summed E-state index contributed by atoms with van der Waals surface area (Å²) in [5.41, 5.74) is 1.89. The minimum atomic E-state index is -0.374. The molecule has 0 radical (unpaired) electrons. The highest BCUT2D eigenvalue weighted by molar-refractivity contribution is 6.35. The number of nitro benzene ring substituents is 1. The van der Waals surface area contributed by atoms with Gasteiger partial charge in [-0.3, -0.25) is 15.0 Å². The van der Waals surface area contributed by atoms with Crippen LogP contribution in [0.25, 0.3) is 0 Å². The first-order valence-electron chi connectivity index (χ1n) is 9.29. The van der Waals surface area contributed by atoms with Gasteiger partial charge >= 0.3 is 0 Å². The maximum Gasteiger partial charge on any atom is 0.269 e. The summed E-state index contributed by atoms with van der Waals surface area (Å²) in [6.45, 7) is 3.98. The molecular formula is C20H21Cl2N3O3. The number of halogens is 2. The maximum absolute atomic E-state index is 10.8. The number of hydrogen-bond donors (Lipinski definition) is 0. The SMILES string of the molecule is O=[N+]([O-])c1ccc(N2CCC3(CC2)OCCN3Cc2ccc(Cl)cc2Cl)cc1. The fourth-order valence-electron chi connectivity index (χ4n) is 4.08. The van der Waals surface area contributed by atoms with Crippen molar-refractivity contribution < 1.29 is 9.66 Å². The topological polar surface area (TPSA) is 58.9 Å². The Morgan fingerprint density at radius 1 is 1.07 bits per heavy atom. The molecule has 0 aromatic heterocycles. The molecule has 0 atom stereocenters. The van der Waals surface area contributed by atoms with Crippen LogP contribution in [0.15, 0.2) is 42.5 Å². The summed E-state index contributed by atoms with van der Waals surface area (Å²) in [5, 5.41) is 12.2. The first kappa shape index (κ1) is 19.5. The van der Waals surface area contributed by atoms with Gasteiger partial charge in [-0.25, -0.2) is 0 Å². The van der Waals surface area contributed by atoms with Gasteiger partial charge in [-0.05, 0) is 29.8 Å². The van der Waals surface area contributed by atoms with E-state index in [4.69, 9.17) is 27.9 Å². The van der Waals surface area contributed by atoms with Gasteiger partial charge in [0.15, 0.2) is 0 Å². The van der Waals surface area contributed by atoms with Crippen molar-refractivity contribution in [3.63, 3.8) is 0 Å². The van der Waals surface area contributed by atoms with Crippen LogP contribution in [0, 0.1) is 10.1 Å². The van der Waals surface area contributed by atoms with Crippen molar-refractivity contribution in [3.05, 3.63) is 68.2 Å². The molecule has 2 aromatic rings. The van der Waals surface area contributed by atoms with Crippen molar-refractivity contribution in [2.75, 3.05) is 31.1 Å². The Morgan fingerprint density at radius 3 is 2.43 bits per heavy atom. The number of rotatable bonds is 4. The van der Waals surface area contributed by atoms with Gasteiger partial charge in [0.1, 0.15) is 5.72 Å². The van der Waals surface area contributed by atoms with Crippen LogP contribution in [-0.2, 0) is 11.3 Å². The Bertz CT molecular complexity index is 867. The largest absolute Gasteiger partial charge is 0.371 e. The number of ether oxygens (including phenoxy) is 1. The Morgan fingerprint density at radius 2 is 1.79 bits per heavy atom. The van der Waals surface area contributed by atoms with Crippen molar-refractivity contribution in [1.29, 1.82) is 0 Å². The maximum atomic E-state index is 10.8. The Labute approximate surface area is 173 Å². The molecule has 0 aliphatic carbocycles.